The topological polar surface area (TPSA) is 26.3 Å². The average Bonchev–Trinajstić information content (AvgIpc) is 2.66. The molecule has 0 saturated heterocycles. The van der Waals surface area contributed by atoms with Crippen LogP contribution in [0.5, 0.6) is 0 Å². The zero-order chi connectivity index (χ0) is 10.6. The Bertz CT molecular complexity index is 269. The van der Waals surface area contributed by atoms with Crippen LogP contribution in [0.4, 0.5) is 0 Å². The summed E-state index contributed by atoms with van der Waals surface area (Å²) in [7, 11) is 1.52. The first-order valence-corrected chi connectivity index (χ1v) is 5.53. The number of ether oxygens (including phenoxy) is 1. The maximum Gasteiger partial charge on any atom is 0.312 e. The smallest absolute Gasteiger partial charge is 0.312 e. The number of methoxy groups -OCH3 is 1. The third-order valence-corrected chi connectivity index (χ3v) is 5.14. The van der Waals surface area contributed by atoms with E-state index in [9.17, 15) is 4.79 Å². The molecule has 2 rings (SSSR count). The van der Waals surface area contributed by atoms with Gasteiger partial charge in [-0.1, -0.05) is 20.8 Å². The summed E-state index contributed by atoms with van der Waals surface area (Å²) < 4.78 is 4.98. The molecule has 0 radical (unpaired) electrons. The van der Waals surface area contributed by atoms with E-state index in [1.54, 1.807) is 0 Å². The summed E-state index contributed by atoms with van der Waals surface area (Å²) >= 11 is 0. The van der Waals surface area contributed by atoms with Crippen molar-refractivity contribution in [2.24, 2.45) is 22.7 Å². The Kier molecular flexibility index (Phi) is 1.96. The van der Waals surface area contributed by atoms with Crippen molar-refractivity contribution in [2.75, 3.05) is 7.11 Å². The van der Waals surface area contributed by atoms with Crippen LogP contribution in [0.3, 0.4) is 0 Å². The van der Waals surface area contributed by atoms with Gasteiger partial charge in [0.2, 0.25) is 0 Å². The van der Waals surface area contributed by atoms with E-state index in [-0.39, 0.29) is 11.4 Å². The lowest BCUT2D eigenvalue weighted by Gasteiger charge is -2.40. The second-order valence-corrected chi connectivity index (χ2v) is 5.63. The summed E-state index contributed by atoms with van der Waals surface area (Å²) in [6.07, 6.45) is 3.29. The second-order valence-electron chi connectivity index (χ2n) is 5.63. The van der Waals surface area contributed by atoms with E-state index in [1.807, 2.05) is 0 Å². The van der Waals surface area contributed by atoms with Gasteiger partial charge in [-0.2, -0.15) is 0 Å². The molecule has 2 bridgehead atoms. The molecule has 0 N–H and O–H groups in total. The second kappa shape index (κ2) is 2.74. The molecule has 80 valence electrons. The highest BCUT2D eigenvalue weighted by molar-refractivity contribution is 5.78. The van der Waals surface area contributed by atoms with Gasteiger partial charge < -0.3 is 4.74 Å². The maximum atomic E-state index is 11.9. The Morgan fingerprint density at radius 2 is 2.07 bits per heavy atom. The van der Waals surface area contributed by atoms with E-state index in [4.69, 9.17) is 4.74 Å². The highest BCUT2D eigenvalue weighted by Crippen LogP contribution is 2.66. The van der Waals surface area contributed by atoms with Crippen LogP contribution in [0.2, 0.25) is 0 Å². The number of hydrogen-bond acceptors (Lipinski definition) is 2. The van der Waals surface area contributed by atoms with Crippen LogP contribution in [0, 0.1) is 22.7 Å². The molecule has 0 aliphatic heterocycles. The van der Waals surface area contributed by atoms with E-state index in [2.05, 4.69) is 20.8 Å². The summed E-state index contributed by atoms with van der Waals surface area (Å²) in [5.74, 6) is 1.20. The van der Waals surface area contributed by atoms with Crippen LogP contribution < -0.4 is 0 Å². The fraction of sp³-hybridized carbons (Fsp3) is 0.917. The molecule has 0 aromatic carbocycles. The minimum absolute atomic E-state index is 0.0260. The molecule has 2 saturated carbocycles. The van der Waals surface area contributed by atoms with Crippen LogP contribution in [-0.2, 0) is 9.53 Å². The lowest BCUT2D eigenvalue weighted by Crippen LogP contribution is -2.40. The molecule has 0 amide bonds. The first-order chi connectivity index (χ1) is 6.45. The van der Waals surface area contributed by atoms with E-state index >= 15 is 0 Å². The van der Waals surface area contributed by atoms with Crippen molar-refractivity contribution >= 4 is 5.97 Å². The number of fused-ring (bicyclic) bond motifs is 2. The van der Waals surface area contributed by atoms with E-state index < -0.39 is 0 Å². The largest absolute Gasteiger partial charge is 0.469 e. The van der Waals surface area contributed by atoms with E-state index in [0.29, 0.717) is 11.3 Å². The molecule has 2 aliphatic rings. The maximum absolute atomic E-state index is 11.9. The lowest BCUT2D eigenvalue weighted by molar-refractivity contribution is -0.156. The van der Waals surface area contributed by atoms with Gasteiger partial charge in [-0.15, -0.1) is 0 Å². The number of hydrogen-bond donors (Lipinski definition) is 0. The van der Waals surface area contributed by atoms with Crippen LogP contribution >= 0.6 is 0 Å². The molecule has 2 nitrogen and oxygen atoms in total. The van der Waals surface area contributed by atoms with E-state index in [1.165, 1.54) is 13.5 Å². The molecule has 0 aromatic heterocycles. The van der Waals surface area contributed by atoms with Crippen LogP contribution in [0.15, 0.2) is 0 Å². The monoisotopic (exact) mass is 196 g/mol. The van der Waals surface area contributed by atoms with Gasteiger partial charge in [0.15, 0.2) is 0 Å². The Morgan fingerprint density at radius 1 is 1.43 bits per heavy atom. The van der Waals surface area contributed by atoms with Crippen molar-refractivity contribution in [1.82, 2.24) is 0 Å². The minimum Gasteiger partial charge on any atom is -0.469 e. The van der Waals surface area contributed by atoms with Crippen molar-refractivity contribution < 1.29 is 9.53 Å². The predicted octanol–water partition coefficient (Wildman–Crippen LogP) is 2.62. The van der Waals surface area contributed by atoms with Gasteiger partial charge >= 0.3 is 5.97 Å². The van der Waals surface area contributed by atoms with Crippen molar-refractivity contribution in [3.8, 4) is 0 Å². The van der Waals surface area contributed by atoms with E-state index in [0.717, 1.165) is 18.8 Å². The predicted molar refractivity (Wildman–Crippen MR) is 54.7 cm³/mol. The number of esters is 1. The first kappa shape index (κ1) is 10.0. The van der Waals surface area contributed by atoms with Crippen molar-refractivity contribution in [3.05, 3.63) is 0 Å². The molecule has 3 atom stereocenters. The van der Waals surface area contributed by atoms with Gasteiger partial charge in [0.25, 0.3) is 0 Å². The first-order valence-electron chi connectivity index (χ1n) is 5.53. The summed E-state index contributed by atoms with van der Waals surface area (Å²) in [4.78, 5) is 11.9. The highest BCUT2D eigenvalue weighted by Gasteiger charge is 2.63. The number of carbonyl (C=O) groups is 1. The third-order valence-electron chi connectivity index (χ3n) is 5.14. The fourth-order valence-electron chi connectivity index (χ4n) is 3.74. The number of carbonyl (C=O) groups excluding carboxylic acids is 1. The molecule has 2 aliphatic carbocycles. The van der Waals surface area contributed by atoms with Gasteiger partial charge in [0.05, 0.1) is 12.5 Å². The summed E-state index contributed by atoms with van der Waals surface area (Å²) in [6, 6.07) is 0. The van der Waals surface area contributed by atoms with Crippen LogP contribution in [0.1, 0.15) is 40.0 Å². The summed E-state index contributed by atoms with van der Waals surface area (Å²) in [6.45, 7) is 6.81. The number of rotatable bonds is 1. The molecule has 0 heterocycles. The van der Waals surface area contributed by atoms with Gasteiger partial charge in [-0.3, -0.25) is 4.79 Å². The fourth-order valence-corrected chi connectivity index (χ4v) is 3.74. The van der Waals surface area contributed by atoms with Gasteiger partial charge in [-0.25, -0.2) is 0 Å². The van der Waals surface area contributed by atoms with Gasteiger partial charge in [0.1, 0.15) is 0 Å². The Labute approximate surface area is 86.0 Å². The molecule has 2 fully saturated rings. The lowest BCUT2D eigenvalue weighted by atomic mass is 9.64. The summed E-state index contributed by atoms with van der Waals surface area (Å²) in [5, 5.41) is 0. The SMILES string of the molecule is COC(=O)[C@@]12CC[C@H](C1)C(C)(C)[C@@H]2C. The molecular formula is C12H20O2. The van der Waals surface area contributed by atoms with Crippen molar-refractivity contribution in [2.45, 2.75) is 40.0 Å². The van der Waals surface area contributed by atoms with Crippen LogP contribution in [0.25, 0.3) is 0 Å². The van der Waals surface area contributed by atoms with Gasteiger partial charge in [-0.05, 0) is 36.5 Å². The van der Waals surface area contributed by atoms with Crippen molar-refractivity contribution in [1.29, 1.82) is 0 Å². The molecule has 2 heteroatoms. The van der Waals surface area contributed by atoms with Crippen molar-refractivity contribution in [3.63, 3.8) is 0 Å². The Balaban J connectivity index is 2.35. The molecule has 14 heavy (non-hydrogen) atoms. The Hall–Kier alpha value is -0.530. The summed E-state index contributed by atoms with van der Waals surface area (Å²) in [5.41, 5.74) is 0.162. The molecule has 0 unspecified atom stereocenters. The minimum atomic E-state index is -0.150. The quantitative estimate of drug-likeness (QED) is 0.603. The van der Waals surface area contributed by atoms with Gasteiger partial charge in [0, 0.05) is 0 Å². The molecule has 0 spiro atoms. The highest BCUT2D eigenvalue weighted by atomic mass is 16.5. The molecular weight excluding hydrogens is 176 g/mol. The third kappa shape index (κ3) is 0.945. The zero-order valence-corrected chi connectivity index (χ0v) is 9.59. The Morgan fingerprint density at radius 3 is 2.50 bits per heavy atom. The average molecular weight is 196 g/mol. The zero-order valence-electron chi connectivity index (χ0n) is 9.59. The molecule has 0 aromatic rings. The van der Waals surface area contributed by atoms with Crippen LogP contribution in [-0.4, -0.2) is 13.1 Å². The standard InChI is InChI=1S/C12H20O2/c1-8-11(2,3)9-5-6-12(8,7-9)10(13)14-4/h8-9H,5-7H2,1-4H3/t8-,9+,12-/m0/s1. The normalized spacial score (nSPS) is 44.0.